The van der Waals surface area contributed by atoms with Crippen LogP contribution < -0.4 is 0 Å². The molecule has 0 saturated heterocycles. The predicted molar refractivity (Wildman–Crippen MR) is 54.0 cm³/mol. The molecule has 0 aromatic heterocycles. The summed E-state index contributed by atoms with van der Waals surface area (Å²) < 4.78 is 23.0. The zero-order valence-corrected chi connectivity index (χ0v) is 9.82. The van der Waals surface area contributed by atoms with Crippen LogP contribution in [0.4, 0.5) is 4.39 Å². The van der Waals surface area contributed by atoms with Gasteiger partial charge >= 0.3 is 11.9 Å². The van der Waals surface area contributed by atoms with E-state index in [0.717, 1.165) is 13.8 Å². The van der Waals surface area contributed by atoms with Gasteiger partial charge in [0.1, 0.15) is 18.3 Å². The van der Waals surface area contributed by atoms with Gasteiger partial charge in [0, 0.05) is 13.8 Å². The number of hydrogen-bond acceptors (Lipinski definition) is 7. The molecular weight excluding hydrogens is 251 g/mol. The molecule has 0 bridgehead atoms. The van der Waals surface area contributed by atoms with Gasteiger partial charge in [0.15, 0.2) is 18.4 Å². The first kappa shape index (κ1) is 14.8. The molecule has 1 saturated carbocycles. The van der Waals surface area contributed by atoms with Crippen molar-refractivity contribution in [1.82, 2.24) is 0 Å². The van der Waals surface area contributed by atoms with Crippen LogP contribution in [0, 0.1) is 0 Å². The minimum absolute atomic E-state index is 0.869. The summed E-state index contributed by atoms with van der Waals surface area (Å²) in [5, 5.41) is 28.5. The van der Waals surface area contributed by atoms with Crippen molar-refractivity contribution in [3.63, 3.8) is 0 Å². The maximum Gasteiger partial charge on any atom is 0.303 e. The van der Waals surface area contributed by atoms with Gasteiger partial charge < -0.3 is 24.8 Å². The van der Waals surface area contributed by atoms with Gasteiger partial charge in [-0.3, -0.25) is 9.59 Å². The lowest BCUT2D eigenvalue weighted by Crippen LogP contribution is -2.64. The topological polar surface area (TPSA) is 113 Å². The minimum atomic E-state index is -2.13. The van der Waals surface area contributed by atoms with Crippen LogP contribution in [-0.4, -0.2) is 63.9 Å². The third-order valence-corrected chi connectivity index (χ3v) is 2.60. The number of rotatable bonds is 2. The molecule has 1 fully saturated rings. The quantitative estimate of drug-likeness (QED) is 0.510. The number of aliphatic hydroxyl groups excluding tert-OH is 3. The Morgan fingerprint density at radius 1 is 0.889 bits per heavy atom. The Morgan fingerprint density at radius 2 is 1.22 bits per heavy atom. The number of esters is 2. The van der Waals surface area contributed by atoms with Crippen LogP contribution in [0.15, 0.2) is 0 Å². The van der Waals surface area contributed by atoms with Crippen LogP contribution in [0.25, 0.3) is 0 Å². The number of carbonyl (C=O) groups excluding carboxylic acids is 2. The summed E-state index contributed by atoms with van der Waals surface area (Å²) in [5.41, 5.74) is 0. The molecule has 18 heavy (non-hydrogen) atoms. The Kier molecular flexibility index (Phi) is 4.60. The van der Waals surface area contributed by atoms with E-state index in [4.69, 9.17) is 0 Å². The first-order chi connectivity index (χ1) is 8.25. The molecule has 1 aliphatic carbocycles. The van der Waals surface area contributed by atoms with Gasteiger partial charge in [0.2, 0.25) is 0 Å². The molecular formula is C10H15FO7. The van der Waals surface area contributed by atoms with Crippen LogP contribution in [0.5, 0.6) is 0 Å². The van der Waals surface area contributed by atoms with E-state index >= 15 is 0 Å². The summed E-state index contributed by atoms with van der Waals surface area (Å²) >= 11 is 0. The second kappa shape index (κ2) is 5.59. The number of alkyl halides is 1. The lowest BCUT2D eigenvalue weighted by molar-refractivity contribution is -0.227. The molecule has 0 aliphatic heterocycles. The Bertz CT molecular complexity index is 304. The van der Waals surface area contributed by atoms with E-state index in [1.54, 1.807) is 0 Å². The lowest BCUT2D eigenvalue weighted by Gasteiger charge is -2.41. The Morgan fingerprint density at radius 3 is 1.50 bits per heavy atom. The van der Waals surface area contributed by atoms with E-state index in [-0.39, 0.29) is 0 Å². The van der Waals surface area contributed by atoms with Crippen LogP contribution in [0.1, 0.15) is 13.8 Å². The number of hydrogen-bond donors (Lipinski definition) is 3. The standard InChI is InChI=1S/C10H15FO7/c1-3(12)17-9-5(11)10(18-4(2)13)8(16)6(14)7(9)15/h5-10,14-16H,1-2H3. The van der Waals surface area contributed by atoms with E-state index in [1.807, 2.05) is 0 Å². The summed E-state index contributed by atoms with van der Waals surface area (Å²) in [6, 6.07) is 0. The summed E-state index contributed by atoms with van der Waals surface area (Å²) in [4.78, 5) is 21.5. The first-order valence-electron chi connectivity index (χ1n) is 5.28. The molecule has 0 heterocycles. The van der Waals surface area contributed by atoms with E-state index in [9.17, 15) is 29.3 Å². The van der Waals surface area contributed by atoms with Gasteiger partial charge in [-0.25, -0.2) is 4.39 Å². The van der Waals surface area contributed by atoms with Crippen LogP contribution >= 0.6 is 0 Å². The van der Waals surface area contributed by atoms with E-state index in [0.29, 0.717) is 0 Å². The SMILES string of the molecule is CC(=O)OC1C(O)C(O)C(O)C(OC(C)=O)C1F. The van der Waals surface area contributed by atoms with Gasteiger partial charge in [0.25, 0.3) is 0 Å². The van der Waals surface area contributed by atoms with Crippen molar-refractivity contribution in [3.05, 3.63) is 0 Å². The number of carbonyl (C=O) groups is 2. The second-order valence-corrected chi connectivity index (χ2v) is 4.06. The molecule has 4 atom stereocenters. The highest BCUT2D eigenvalue weighted by Crippen LogP contribution is 2.28. The van der Waals surface area contributed by atoms with Gasteiger partial charge in [0.05, 0.1) is 0 Å². The molecule has 0 aromatic rings. The first-order valence-corrected chi connectivity index (χ1v) is 5.28. The maximum absolute atomic E-state index is 13.9. The summed E-state index contributed by atoms with van der Waals surface area (Å²) in [7, 11) is 0. The average molecular weight is 266 g/mol. The number of ether oxygens (including phenoxy) is 2. The highest BCUT2D eigenvalue weighted by Gasteiger charge is 2.53. The van der Waals surface area contributed by atoms with Crippen LogP contribution in [0.2, 0.25) is 0 Å². The highest BCUT2D eigenvalue weighted by molar-refractivity contribution is 5.67. The zero-order valence-electron chi connectivity index (χ0n) is 9.82. The molecule has 104 valence electrons. The minimum Gasteiger partial charge on any atom is -0.456 e. The zero-order chi connectivity index (χ0) is 14.0. The normalized spacial score (nSPS) is 40.1. The van der Waals surface area contributed by atoms with Crippen molar-refractivity contribution < 1.29 is 38.8 Å². The number of aliphatic hydroxyl groups is 3. The summed E-state index contributed by atoms with van der Waals surface area (Å²) in [5.74, 6) is -1.74. The fourth-order valence-corrected chi connectivity index (χ4v) is 1.81. The van der Waals surface area contributed by atoms with Crippen molar-refractivity contribution in [1.29, 1.82) is 0 Å². The molecule has 0 amide bonds. The highest BCUT2D eigenvalue weighted by atomic mass is 19.1. The van der Waals surface area contributed by atoms with E-state index in [2.05, 4.69) is 9.47 Å². The third-order valence-electron chi connectivity index (χ3n) is 2.60. The molecule has 1 aliphatic rings. The van der Waals surface area contributed by atoms with Crippen molar-refractivity contribution in [3.8, 4) is 0 Å². The third kappa shape index (κ3) is 2.95. The molecule has 0 spiro atoms. The second-order valence-electron chi connectivity index (χ2n) is 4.06. The van der Waals surface area contributed by atoms with Crippen molar-refractivity contribution in [2.75, 3.05) is 0 Å². The van der Waals surface area contributed by atoms with Gasteiger partial charge in [-0.05, 0) is 0 Å². The molecule has 1 rings (SSSR count). The maximum atomic E-state index is 13.9. The van der Waals surface area contributed by atoms with Crippen molar-refractivity contribution in [2.45, 2.75) is 50.5 Å². The van der Waals surface area contributed by atoms with Gasteiger partial charge in [-0.2, -0.15) is 0 Å². The summed E-state index contributed by atoms with van der Waals surface area (Å²) in [6.07, 6.45) is -10.9. The smallest absolute Gasteiger partial charge is 0.303 e. The van der Waals surface area contributed by atoms with E-state index in [1.165, 1.54) is 0 Å². The fourth-order valence-electron chi connectivity index (χ4n) is 1.81. The molecule has 7 nitrogen and oxygen atoms in total. The van der Waals surface area contributed by atoms with E-state index < -0.39 is 48.6 Å². The number of halogens is 1. The Balaban J connectivity index is 2.92. The van der Waals surface area contributed by atoms with Crippen LogP contribution in [-0.2, 0) is 19.1 Å². The molecule has 3 N–H and O–H groups in total. The lowest BCUT2D eigenvalue weighted by atomic mass is 9.85. The summed E-state index contributed by atoms with van der Waals surface area (Å²) in [6.45, 7) is 2.00. The molecule has 8 heteroatoms. The Labute approximate surface area is 102 Å². The Hall–Kier alpha value is -1.25. The monoisotopic (exact) mass is 266 g/mol. The van der Waals surface area contributed by atoms with Gasteiger partial charge in [-0.1, -0.05) is 0 Å². The molecule has 0 radical (unpaired) electrons. The van der Waals surface area contributed by atoms with Crippen LogP contribution in [0.3, 0.4) is 0 Å². The predicted octanol–water partition coefficient (Wildman–Crippen LogP) is -1.72. The fraction of sp³-hybridized carbons (Fsp3) is 0.800. The van der Waals surface area contributed by atoms with Crippen molar-refractivity contribution in [2.24, 2.45) is 0 Å². The largest absolute Gasteiger partial charge is 0.456 e. The molecule has 0 aromatic carbocycles. The average Bonchev–Trinajstić information content (AvgIpc) is 2.27. The van der Waals surface area contributed by atoms with Crippen molar-refractivity contribution >= 4 is 11.9 Å². The van der Waals surface area contributed by atoms with Gasteiger partial charge in [-0.15, -0.1) is 0 Å². The molecule has 4 unspecified atom stereocenters.